The lowest BCUT2D eigenvalue weighted by Crippen LogP contribution is -2.32. The summed E-state index contributed by atoms with van der Waals surface area (Å²) >= 11 is 1.70. The maximum Gasteiger partial charge on any atom is 0.254 e. The van der Waals surface area contributed by atoms with Gasteiger partial charge in [0, 0.05) is 22.2 Å². The molecule has 112 valence electrons. The van der Waals surface area contributed by atoms with Gasteiger partial charge < -0.3 is 10.6 Å². The summed E-state index contributed by atoms with van der Waals surface area (Å²) < 4.78 is 0. The average Bonchev–Trinajstić information content (AvgIpc) is 3.15. The molecule has 1 amide bonds. The maximum absolute atomic E-state index is 12.8. The Hall–Kier alpha value is -1.52. The van der Waals surface area contributed by atoms with Crippen LogP contribution in [-0.4, -0.2) is 16.8 Å². The van der Waals surface area contributed by atoms with E-state index in [9.17, 15) is 4.79 Å². The van der Waals surface area contributed by atoms with Crippen molar-refractivity contribution in [3.05, 3.63) is 51.7 Å². The molecular weight excluding hydrogens is 304 g/mol. The van der Waals surface area contributed by atoms with Crippen molar-refractivity contribution >= 4 is 35.3 Å². The summed E-state index contributed by atoms with van der Waals surface area (Å²) in [5, 5.41) is 2.05. The van der Waals surface area contributed by atoms with E-state index in [1.54, 1.807) is 17.4 Å². The largest absolute Gasteiger partial charge is 0.399 e. The van der Waals surface area contributed by atoms with Crippen LogP contribution in [0.4, 0.5) is 5.69 Å². The number of nitrogen functional groups attached to an aromatic ring is 1. The summed E-state index contributed by atoms with van der Waals surface area (Å²) in [4.78, 5) is 16.0. The fraction of sp³-hybridized carbons (Fsp3) is 0.312. The second-order valence-electron chi connectivity index (χ2n) is 5.32. The zero-order valence-electron chi connectivity index (χ0n) is 11.9. The van der Waals surface area contributed by atoms with E-state index in [2.05, 4.69) is 11.4 Å². The van der Waals surface area contributed by atoms with Gasteiger partial charge in [-0.15, -0.1) is 23.7 Å². The highest BCUT2D eigenvalue weighted by molar-refractivity contribution is 7.09. The van der Waals surface area contributed by atoms with Crippen molar-refractivity contribution in [2.45, 2.75) is 32.4 Å². The minimum atomic E-state index is 0. The number of amides is 1. The number of aryl methyl sites for hydroxylation is 1. The monoisotopic (exact) mass is 322 g/mol. The van der Waals surface area contributed by atoms with E-state index in [4.69, 9.17) is 5.73 Å². The molecule has 1 aliphatic rings. The highest BCUT2D eigenvalue weighted by Gasteiger charge is 2.33. The Balaban J connectivity index is 0.00000161. The topological polar surface area (TPSA) is 46.3 Å². The van der Waals surface area contributed by atoms with Crippen molar-refractivity contribution in [3.63, 3.8) is 0 Å². The first-order valence-corrected chi connectivity index (χ1v) is 7.72. The van der Waals surface area contributed by atoms with Crippen LogP contribution in [0, 0.1) is 6.92 Å². The number of halogens is 1. The SMILES string of the molecule is Cc1ccc(N)cc1C(=O)N(Cc1cccs1)C1CC1.Cl. The average molecular weight is 323 g/mol. The number of hydrogen-bond acceptors (Lipinski definition) is 3. The number of nitrogens with zero attached hydrogens (tertiary/aromatic N) is 1. The first kappa shape index (κ1) is 15.9. The van der Waals surface area contributed by atoms with Crippen LogP contribution in [0.3, 0.4) is 0 Å². The van der Waals surface area contributed by atoms with E-state index in [1.165, 1.54) is 4.88 Å². The molecule has 0 atom stereocenters. The standard InChI is InChI=1S/C16H18N2OS.ClH/c1-11-4-5-12(17)9-15(11)16(19)18(13-6-7-13)10-14-3-2-8-20-14;/h2-5,8-9,13H,6-7,10,17H2,1H3;1H. The van der Waals surface area contributed by atoms with Gasteiger partial charge in [0.05, 0.1) is 6.54 Å². The van der Waals surface area contributed by atoms with Crippen molar-refractivity contribution in [1.29, 1.82) is 0 Å². The minimum Gasteiger partial charge on any atom is -0.399 e. The Labute approximate surface area is 135 Å². The van der Waals surface area contributed by atoms with Crippen LogP contribution in [0.1, 0.15) is 33.6 Å². The molecule has 5 heteroatoms. The van der Waals surface area contributed by atoms with Crippen LogP contribution in [-0.2, 0) is 6.54 Å². The van der Waals surface area contributed by atoms with E-state index >= 15 is 0 Å². The van der Waals surface area contributed by atoms with Gasteiger partial charge in [0.2, 0.25) is 0 Å². The molecule has 1 heterocycles. The van der Waals surface area contributed by atoms with E-state index in [-0.39, 0.29) is 18.3 Å². The normalized spacial score (nSPS) is 13.6. The Bertz CT molecular complexity index is 623. The molecule has 0 unspecified atom stereocenters. The van der Waals surface area contributed by atoms with Gasteiger partial charge in [-0.3, -0.25) is 4.79 Å². The predicted molar refractivity (Wildman–Crippen MR) is 90.1 cm³/mol. The lowest BCUT2D eigenvalue weighted by atomic mass is 10.1. The van der Waals surface area contributed by atoms with Crippen molar-refractivity contribution in [1.82, 2.24) is 4.90 Å². The summed E-state index contributed by atoms with van der Waals surface area (Å²) in [6.07, 6.45) is 2.22. The molecule has 0 aliphatic heterocycles. The number of benzene rings is 1. The summed E-state index contributed by atoms with van der Waals surface area (Å²) in [6, 6.07) is 10.1. The van der Waals surface area contributed by atoms with Gasteiger partial charge in [-0.05, 0) is 48.9 Å². The van der Waals surface area contributed by atoms with E-state index in [1.807, 2.05) is 30.0 Å². The zero-order valence-corrected chi connectivity index (χ0v) is 13.5. The Morgan fingerprint density at radius 3 is 2.76 bits per heavy atom. The maximum atomic E-state index is 12.8. The van der Waals surface area contributed by atoms with Gasteiger partial charge >= 0.3 is 0 Å². The number of hydrogen-bond donors (Lipinski definition) is 1. The molecule has 2 N–H and O–H groups in total. The highest BCUT2D eigenvalue weighted by atomic mass is 35.5. The zero-order chi connectivity index (χ0) is 14.1. The second-order valence-corrected chi connectivity index (χ2v) is 6.35. The van der Waals surface area contributed by atoms with E-state index in [0.29, 0.717) is 18.3 Å². The molecule has 3 rings (SSSR count). The Morgan fingerprint density at radius 2 is 2.14 bits per heavy atom. The number of anilines is 1. The quantitative estimate of drug-likeness (QED) is 0.869. The number of thiophene rings is 1. The molecular formula is C16H19ClN2OS. The van der Waals surface area contributed by atoms with Crippen molar-refractivity contribution < 1.29 is 4.79 Å². The van der Waals surface area contributed by atoms with Gasteiger partial charge in [-0.2, -0.15) is 0 Å². The summed E-state index contributed by atoms with van der Waals surface area (Å²) in [5.41, 5.74) is 8.19. The van der Waals surface area contributed by atoms with Gasteiger partial charge in [-0.1, -0.05) is 12.1 Å². The van der Waals surface area contributed by atoms with Crippen molar-refractivity contribution in [2.24, 2.45) is 0 Å². The molecule has 1 saturated carbocycles. The van der Waals surface area contributed by atoms with Crippen LogP contribution in [0.2, 0.25) is 0 Å². The van der Waals surface area contributed by atoms with Crippen LogP contribution in [0.15, 0.2) is 35.7 Å². The Morgan fingerprint density at radius 1 is 1.38 bits per heavy atom. The predicted octanol–water partition coefficient (Wildman–Crippen LogP) is 3.87. The lowest BCUT2D eigenvalue weighted by Gasteiger charge is -2.23. The minimum absolute atomic E-state index is 0. The molecule has 0 radical (unpaired) electrons. The first-order chi connectivity index (χ1) is 9.65. The third kappa shape index (κ3) is 3.57. The number of nitrogens with two attached hydrogens (primary N) is 1. The van der Waals surface area contributed by atoms with Crippen molar-refractivity contribution in [3.8, 4) is 0 Å². The molecule has 1 aliphatic carbocycles. The molecule has 0 bridgehead atoms. The van der Waals surface area contributed by atoms with Crippen LogP contribution < -0.4 is 5.73 Å². The molecule has 2 aromatic rings. The first-order valence-electron chi connectivity index (χ1n) is 6.84. The lowest BCUT2D eigenvalue weighted by molar-refractivity contribution is 0.0731. The summed E-state index contributed by atoms with van der Waals surface area (Å²) in [6.45, 7) is 2.66. The summed E-state index contributed by atoms with van der Waals surface area (Å²) in [5.74, 6) is 0.103. The molecule has 3 nitrogen and oxygen atoms in total. The van der Waals surface area contributed by atoms with E-state index < -0.39 is 0 Å². The second kappa shape index (κ2) is 6.50. The van der Waals surface area contributed by atoms with Gasteiger partial charge in [0.25, 0.3) is 5.91 Å². The third-order valence-corrected chi connectivity index (χ3v) is 4.51. The third-order valence-electron chi connectivity index (χ3n) is 3.65. The fourth-order valence-corrected chi connectivity index (χ4v) is 3.05. The molecule has 0 saturated heterocycles. The smallest absolute Gasteiger partial charge is 0.254 e. The summed E-state index contributed by atoms with van der Waals surface area (Å²) in [7, 11) is 0. The number of carbonyl (C=O) groups excluding carboxylic acids is 1. The van der Waals surface area contributed by atoms with Crippen LogP contribution >= 0.6 is 23.7 Å². The number of carbonyl (C=O) groups is 1. The fourth-order valence-electron chi connectivity index (χ4n) is 2.35. The van der Waals surface area contributed by atoms with Crippen LogP contribution in [0.5, 0.6) is 0 Å². The van der Waals surface area contributed by atoms with Gasteiger partial charge in [0.1, 0.15) is 0 Å². The Kier molecular flexibility index (Phi) is 4.91. The molecule has 0 spiro atoms. The molecule has 21 heavy (non-hydrogen) atoms. The molecule has 1 aromatic carbocycles. The molecule has 1 aromatic heterocycles. The van der Waals surface area contributed by atoms with Crippen molar-refractivity contribution in [2.75, 3.05) is 5.73 Å². The number of rotatable bonds is 4. The van der Waals surface area contributed by atoms with E-state index in [0.717, 1.165) is 24.0 Å². The highest BCUT2D eigenvalue weighted by Crippen LogP contribution is 2.31. The molecule has 1 fully saturated rings. The van der Waals surface area contributed by atoms with Gasteiger partial charge in [0.15, 0.2) is 0 Å². The van der Waals surface area contributed by atoms with Crippen LogP contribution in [0.25, 0.3) is 0 Å². The van der Waals surface area contributed by atoms with Gasteiger partial charge in [-0.25, -0.2) is 0 Å².